The van der Waals surface area contributed by atoms with Gasteiger partial charge in [0.25, 0.3) is 0 Å². The van der Waals surface area contributed by atoms with Gasteiger partial charge in [-0.15, -0.1) is 0 Å². The van der Waals surface area contributed by atoms with Crippen LogP contribution < -0.4 is 10.2 Å². The van der Waals surface area contributed by atoms with Crippen molar-refractivity contribution < 1.29 is 9.50 Å². The summed E-state index contributed by atoms with van der Waals surface area (Å²) in [7, 11) is 0. The lowest BCUT2D eigenvalue weighted by Crippen LogP contribution is -2.58. The highest BCUT2D eigenvalue weighted by atomic mass is 19.1. The van der Waals surface area contributed by atoms with Gasteiger partial charge in [0, 0.05) is 18.8 Å². The molecule has 2 N–H and O–H groups in total. The van der Waals surface area contributed by atoms with Gasteiger partial charge in [0.2, 0.25) is 0 Å². The molecule has 1 atom stereocenters. The third-order valence-corrected chi connectivity index (χ3v) is 4.88. The summed E-state index contributed by atoms with van der Waals surface area (Å²) in [6.07, 6.45) is 4.39. The lowest BCUT2D eigenvalue weighted by atomic mass is 9.93. The minimum absolute atomic E-state index is 0.152. The molecule has 1 aliphatic carbocycles. The van der Waals surface area contributed by atoms with Gasteiger partial charge in [-0.3, -0.25) is 0 Å². The Labute approximate surface area is 126 Å². The van der Waals surface area contributed by atoms with Crippen molar-refractivity contribution in [1.82, 2.24) is 5.32 Å². The van der Waals surface area contributed by atoms with Crippen LogP contribution in [0.2, 0.25) is 0 Å². The van der Waals surface area contributed by atoms with Gasteiger partial charge >= 0.3 is 0 Å². The van der Waals surface area contributed by atoms with Crippen molar-refractivity contribution >= 4 is 5.69 Å². The molecule has 1 heterocycles. The number of benzene rings is 1. The average Bonchev–Trinajstić information content (AvgIpc) is 3.28. The summed E-state index contributed by atoms with van der Waals surface area (Å²) in [6, 6.07) is 5.07. The topological polar surface area (TPSA) is 35.5 Å². The van der Waals surface area contributed by atoms with Crippen molar-refractivity contribution in [3.8, 4) is 0 Å². The van der Waals surface area contributed by atoms with Crippen molar-refractivity contribution in [2.75, 3.05) is 31.1 Å². The Morgan fingerprint density at radius 2 is 2.24 bits per heavy atom. The molecule has 4 heteroatoms. The van der Waals surface area contributed by atoms with Crippen LogP contribution in [0.25, 0.3) is 0 Å². The summed E-state index contributed by atoms with van der Waals surface area (Å²) >= 11 is 0. The van der Waals surface area contributed by atoms with Gasteiger partial charge in [-0.25, -0.2) is 4.39 Å². The number of nitrogens with one attached hydrogen (secondary N) is 1. The van der Waals surface area contributed by atoms with E-state index in [1.165, 1.54) is 24.5 Å². The quantitative estimate of drug-likeness (QED) is 0.809. The van der Waals surface area contributed by atoms with Crippen LogP contribution in [0.5, 0.6) is 0 Å². The number of fused-ring (bicyclic) bond motifs is 1. The Bertz CT molecular complexity index is 504. The molecule has 1 fully saturated rings. The number of aliphatic hydroxyl groups excluding tert-OH is 1. The van der Waals surface area contributed by atoms with E-state index in [1.807, 2.05) is 6.07 Å². The molecule has 1 aliphatic heterocycles. The molecule has 2 aliphatic rings. The maximum Gasteiger partial charge on any atom is 0.125 e. The van der Waals surface area contributed by atoms with Crippen LogP contribution in [-0.4, -0.2) is 36.9 Å². The average molecular weight is 292 g/mol. The number of halogens is 1. The number of nitrogens with zero attached hydrogens (tertiary/aromatic N) is 1. The first-order chi connectivity index (χ1) is 10.2. The highest BCUT2D eigenvalue weighted by Crippen LogP contribution is 2.41. The summed E-state index contributed by atoms with van der Waals surface area (Å²) < 4.78 is 13.5. The Morgan fingerprint density at radius 1 is 1.43 bits per heavy atom. The fourth-order valence-corrected chi connectivity index (χ4v) is 3.50. The molecule has 3 nitrogen and oxygen atoms in total. The van der Waals surface area contributed by atoms with Crippen LogP contribution in [0.1, 0.15) is 31.7 Å². The zero-order valence-electron chi connectivity index (χ0n) is 12.7. The molecule has 1 saturated carbocycles. The van der Waals surface area contributed by atoms with Crippen LogP contribution in [-0.2, 0) is 6.42 Å². The van der Waals surface area contributed by atoms with Gasteiger partial charge in [0.05, 0.1) is 12.1 Å². The second-order valence-electron chi connectivity index (χ2n) is 6.46. The summed E-state index contributed by atoms with van der Waals surface area (Å²) in [5.74, 6) is 0.370. The summed E-state index contributed by atoms with van der Waals surface area (Å²) in [5, 5.41) is 13.6. The monoisotopic (exact) mass is 292 g/mol. The molecule has 1 aromatic rings. The fraction of sp³-hybridized carbons (Fsp3) is 0.647. The number of hydrogen-bond donors (Lipinski definition) is 2. The molecule has 1 aromatic carbocycles. The molecule has 116 valence electrons. The number of aliphatic hydroxyl groups is 1. The first-order valence-corrected chi connectivity index (χ1v) is 8.08. The fourth-order valence-electron chi connectivity index (χ4n) is 3.50. The lowest BCUT2D eigenvalue weighted by Gasteiger charge is -2.38. The van der Waals surface area contributed by atoms with Crippen LogP contribution in [0.15, 0.2) is 18.2 Å². The molecule has 1 unspecified atom stereocenters. The van der Waals surface area contributed by atoms with Gasteiger partial charge in [-0.1, -0.05) is 13.0 Å². The highest BCUT2D eigenvalue weighted by Gasteiger charge is 2.46. The number of anilines is 1. The summed E-state index contributed by atoms with van der Waals surface area (Å²) in [6.45, 7) is 4.90. The van der Waals surface area contributed by atoms with E-state index in [4.69, 9.17) is 0 Å². The first kappa shape index (κ1) is 14.8. The minimum Gasteiger partial charge on any atom is -0.394 e. The van der Waals surface area contributed by atoms with Gasteiger partial charge in [0.1, 0.15) is 5.82 Å². The van der Waals surface area contributed by atoms with Crippen LogP contribution in [0, 0.1) is 11.7 Å². The molecule has 0 saturated heterocycles. The molecule has 0 radical (unpaired) electrons. The molecule has 0 spiro atoms. The molecule has 3 rings (SSSR count). The predicted molar refractivity (Wildman–Crippen MR) is 83.2 cm³/mol. The second kappa shape index (κ2) is 5.93. The van der Waals surface area contributed by atoms with E-state index in [1.54, 1.807) is 6.07 Å². The van der Waals surface area contributed by atoms with E-state index in [0.29, 0.717) is 5.92 Å². The molecular formula is C17H25FN2O. The normalized spacial score (nSPS) is 20.4. The number of hydrogen-bond acceptors (Lipinski definition) is 3. The van der Waals surface area contributed by atoms with E-state index >= 15 is 0 Å². The van der Waals surface area contributed by atoms with E-state index in [0.717, 1.165) is 38.2 Å². The van der Waals surface area contributed by atoms with Crippen LogP contribution >= 0.6 is 0 Å². The van der Waals surface area contributed by atoms with Crippen molar-refractivity contribution in [3.63, 3.8) is 0 Å². The van der Waals surface area contributed by atoms with Gasteiger partial charge in [-0.05, 0) is 55.8 Å². The van der Waals surface area contributed by atoms with E-state index < -0.39 is 0 Å². The second-order valence-corrected chi connectivity index (χ2v) is 6.46. The minimum atomic E-state index is -0.232. The van der Waals surface area contributed by atoms with Crippen molar-refractivity contribution in [2.45, 2.75) is 38.1 Å². The highest BCUT2D eigenvalue weighted by molar-refractivity contribution is 5.58. The lowest BCUT2D eigenvalue weighted by molar-refractivity contribution is 0.144. The maximum atomic E-state index is 13.5. The smallest absolute Gasteiger partial charge is 0.125 e. The number of rotatable bonds is 7. The molecule has 0 aromatic heterocycles. The first-order valence-electron chi connectivity index (χ1n) is 8.08. The largest absolute Gasteiger partial charge is 0.394 e. The SMILES string of the molecule is CCCNC(CO)(CN1CCc2ccc(F)cc21)C1CC1. The third kappa shape index (κ3) is 2.92. The Morgan fingerprint density at radius 3 is 2.90 bits per heavy atom. The standard InChI is InChI=1S/C17H25FN2O/c1-2-8-19-17(12-21,14-4-5-14)11-20-9-7-13-3-6-15(18)10-16(13)20/h3,6,10,14,19,21H,2,4-5,7-9,11-12H2,1H3. The van der Waals surface area contributed by atoms with Crippen molar-refractivity contribution in [1.29, 1.82) is 0 Å². The van der Waals surface area contributed by atoms with Gasteiger partial charge < -0.3 is 15.3 Å². The maximum absolute atomic E-state index is 13.5. The zero-order chi connectivity index (χ0) is 14.9. The van der Waals surface area contributed by atoms with Crippen molar-refractivity contribution in [2.24, 2.45) is 5.92 Å². The molecular weight excluding hydrogens is 267 g/mol. The summed E-state index contributed by atoms with van der Waals surface area (Å²) in [5.41, 5.74) is 1.99. The third-order valence-electron chi connectivity index (χ3n) is 4.88. The van der Waals surface area contributed by atoms with E-state index in [-0.39, 0.29) is 18.0 Å². The Balaban J connectivity index is 1.79. The van der Waals surface area contributed by atoms with E-state index in [9.17, 15) is 9.50 Å². The van der Waals surface area contributed by atoms with E-state index in [2.05, 4.69) is 17.1 Å². The Kier molecular flexibility index (Phi) is 4.18. The predicted octanol–water partition coefficient (Wildman–Crippen LogP) is 2.33. The molecule has 21 heavy (non-hydrogen) atoms. The summed E-state index contributed by atoms with van der Waals surface area (Å²) in [4.78, 5) is 2.25. The van der Waals surface area contributed by atoms with Crippen molar-refractivity contribution in [3.05, 3.63) is 29.6 Å². The van der Waals surface area contributed by atoms with Crippen LogP contribution in [0.4, 0.5) is 10.1 Å². The zero-order valence-corrected chi connectivity index (χ0v) is 12.7. The molecule has 0 bridgehead atoms. The van der Waals surface area contributed by atoms with Gasteiger partial charge in [0.15, 0.2) is 0 Å². The molecule has 0 amide bonds. The van der Waals surface area contributed by atoms with Gasteiger partial charge in [-0.2, -0.15) is 0 Å². The van der Waals surface area contributed by atoms with Crippen LogP contribution in [0.3, 0.4) is 0 Å². The Hall–Kier alpha value is -1.13.